The zero-order valence-electron chi connectivity index (χ0n) is 17.6. The maximum Gasteiger partial charge on any atom is 0.419 e. The number of pyridine rings is 1. The van der Waals surface area contributed by atoms with Crippen LogP contribution in [0.25, 0.3) is 5.65 Å². The van der Waals surface area contributed by atoms with Gasteiger partial charge in [-0.3, -0.25) is 14.0 Å². The molecule has 0 unspecified atom stereocenters. The molecule has 7 nitrogen and oxygen atoms in total. The van der Waals surface area contributed by atoms with Crippen LogP contribution in [0.3, 0.4) is 0 Å². The molecule has 1 saturated carbocycles. The summed E-state index contributed by atoms with van der Waals surface area (Å²) in [4.78, 5) is 32.8. The Balaban J connectivity index is 1.63. The van der Waals surface area contributed by atoms with E-state index in [1.807, 2.05) is 4.90 Å². The fourth-order valence-corrected chi connectivity index (χ4v) is 4.68. The van der Waals surface area contributed by atoms with Gasteiger partial charge in [0.15, 0.2) is 11.3 Å². The summed E-state index contributed by atoms with van der Waals surface area (Å²) in [5, 5.41) is -0.223. The third kappa shape index (κ3) is 4.30. The molecular formula is C21H24ClF3N4O3. The molecule has 1 saturated heterocycles. The van der Waals surface area contributed by atoms with E-state index in [1.165, 1.54) is 11.1 Å². The van der Waals surface area contributed by atoms with E-state index in [2.05, 4.69) is 4.98 Å². The lowest BCUT2D eigenvalue weighted by Gasteiger charge is -2.37. The highest BCUT2D eigenvalue weighted by molar-refractivity contribution is 6.33. The number of aromatic nitrogens is 2. The van der Waals surface area contributed by atoms with Gasteiger partial charge in [0.1, 0.15) is 11.7 Å². The number of carbonyl (C=O) groups is 2. The molecule has 32 heavy (non-hydrogen) atoms. The van der Waals surface area contributed by atoms with Crippen LogP contribution in [0.15, 0.2) is 12.3 Å². The van der Waals surface area contributed by atoms with Crippen LogP contribution in [0.1, 0.15) is 54.2 Å². The molecule has 1 aliphatic heterocycles. The Hall–Kier alpha value is -2.33. The summed E-state index contributed by atoms with van der Waals surface area (Å²) in [6, 6.07) is 1.16. The van der Waals surface area contributed by atoms with Gasteiger partial charge in [-0.05, 0) is 31.4 Å². The first kappa shape index (κ1) is 22.8. The zero-order chi connectivity index (χ0) is 23.0. The van der Waals surface area contributed by atoms with Crippen LogP contribution in [0, 0.1) is 0 Å². The van der Waals surface area contributed by atoms with Gasteiger partial charge < -0.3 is 14.5 Å². The van der Waals surface area contributed by atoms with E-state index in [4.69, 9.17) is 16.3 Å². The van der Waals surface area contributed by atoms with E-state index in [0.29, 0.717) is 13.2 Å². The molecule has 0 spiro atoms. The first-order valence-corrected chi connectivity index (χ1v) is 11.0. The van der Waals surface area contributed by atoms with Crippen LogP contribution < -0.4 is 0 Å². The standard InChI is InChI=1S/C21H24ClF3N4O3/c1-2-32-12-13-9-15(21(23,24)25)19-26-17(18(22)29(19)10-13)20(31)27-7-8-28(16(30)11-27)14-5-3-4-6-14/h9-10,14H,2-8,11-12H2,1H3. The minimum atomic E-state index is -4.69. The number of rotatable bonds is 5. The molecule has 11 heteroatoms. The van der Waals surface area contributed by atoms with E-state index in [9.17, 15) is 22.8 Å². The number of amides is 2. The lowest BCUT2D eigenvalue weighted by atomic mass is 10.1. The second-order valence-electron chi connectivity index (χ2n) is 8.09. The predicted molar refractivity (Wildman–Crippen MR) is 110 cm³/mol. The molecule has 0 bridgehead atoms. The van der Waals surface area contributed by atoms with Gasteiger partial charge in [0.25, 0.3) is 5.91 Å². The quantitative estimate of drug-likeness (QED) is 0.664. The van der Waals surface area contributed by atoms with Crippen molar-refractivity contribution in [2.45, 2.75) is 51.4 Å². The van der Waals surface area contributed by atoms with Gasteiger partial charge in [-0.2, -0.15) is 13.2 Å². The van der Waals surface area contributed by atoms with Gasteiger partial charge in [0.05, 0.1) is 12.2 Å². The molecule has 2 aromatic heterocycles. The van der Waals surface area contributed by atoms with Crippen molar-refractivity contribution in [1.29, 1.82) is 0 Å². The molecule has 2 aromatic rings. The normalized spacial score (nSPS) is 18.2. The average Bonchev–Trinajstić information content (AvgIpc) is 3.39. The summed E-state index contributed by atoms with van der Waals surface area (Å²) in [5.41, 5.74) is -1.50. The highest BCUT2D eigenvalue weighted by Gasteiger charge is 2.38. The summed E-state index contributed by atoms with van der Waals surface area (Å²) >= 11 is 6.32. The molecule has 3 heterocycles. The molecule has 1 aliphatic carbocycles. The number of alkyl halides is 3. The van der Waals surface area contributed by atoms with Gasteiger partial charge in [-0.25, -0.2) is 4.98 Å². The number of fused-ring (bicyclic) bond motifs is 1. The van der Waals surface area contributed by atoms with Crippen molar-refractivity contribution < 1.29 is 27.5 Å². The van der Waals surface area contributed by atoms with E-state index in [-0.39, 0.29) is 48.1 Å². The van der Waals surface area contributed by atoms with Crippen LogP contribution >= 0.6 is 11.6 Å². The molecule has 0 aromatic carbocycles. The Labute approximate surface area is 188 Å². The molecule has 174 valence electrons. The van der Waals surface area contributed by atoms with Crippen LogP contribution in [-0.4, -0.2) is 63.3 Å². The fraction of sp³-hybridized carbons (Fsp3) is 0.571. The minimum Gasteiger partial charge on any atom is -0.377 e. The number of hydrogen-bond acceptors (Lipinski definition) is 4. The van der Waals surface area contributed by atoms with E-state index in [0.717, 1.165) is 36.2 Å². The number of hydrogen-bond donors (Lipinski definition) is 0. The second kappa shape index (κ2) is 8.90. The Morgan fingerprint density at radius 1 is 1.28 bits per heavy atom. The van der Waals surface area contributed by atoms with Crippen molar-refractivity contribution in [3.8, 4) is 0 Å². The number of nitrogens with zero attached hydrogens (tertiary/aromatic N) is 4. The second-order valence-corrected chi connectivity index (χ2v) is 8.45. The highest BCUT2D eigenvalue weighted by Crippen LogP contribution is 2.35. The Morgan fingerprint density at radius 3 is 2.62 bits per heavy atom. The van der Waals surface area contributed by atoms with Crippen LogP contribution in [0.4, 0.5) is 13.2 Å². The van der Waals surface area contributed by atoms with Gasteiger partial charge in [-0.1, -0.05) is 24.4 Å². The molecule has 2 fully saturated rings. The fourth-order valence-electron chi connectivity index (χ4n) is 4.43. The van der Waals surface area contributed by atoms with E-state index in [1.54, 1.807) is 6.92 Å². The van der Waals surface area contributed by atoms with Gasteiger partial charge >= 0.3 is 6.18 Å². The lowest BCUT2D eigenvalue weighted by molar-refractivity contribution is -0.137. The van der Waals surface area contributed by atoms with Crippen LogP contribution in [0.5, 0.6) is 0 Å². The number of piperazine rings is 1. The third-order valence-corrected chi connectivity index (χ3v) is 6.37. The Morgan fingerprint density at radius 2 is 2.00 bits per heavy atom. The van der Waals surface area contributed by atoms with Crippen molar-refractivity contribution in [3.63, 3.8) is 0 Å². The monoisotopic (exact) mass is 472 g/mol. The summed E-state index contributed by atoms with van der Waals surface area (Å²) in [5.74, 6) is -0.816. The van der Waals surface area contributed by atoms with E-state index >= 15 is 0 Å². The summed E-state index contributed by atoms with van der Waals surface area (Å²) in [6.45, 7) is 2.57. The maximum atomic E-state index is 13.7. The smallest absolute Gasteiger partial charge is 0.377 e. The molecule has 0 N–H and O–H groups in total. The topological polar surface area (TPSA) is 67.2 Å². The molecule has 0 radical (unpaired) electrons. The minimum absolute atomic E-state index is 0.0368. The highest BCUT2D eigenvalue weighted by atomic mass is 35.5. The van der Waals surface area contributed by atoms with Crippen molar-refractivity contribution >= 4 is 29.1 Å². The van der Waals surface area contributed by atoms with Crippen LogP contribution in [0.2, 0.25) is 5.15 Å². The molecular weight excluding hydrogens is 449 g/mol. The molecule has 0 atom stereocenters. The summed E-state index contributed by atoms with van der Waals surface area (Å²) < 4.78 is 47.3. The van der Waals surface area contributed by atoms with Crippen molar-refractivity contribution in [3.05, 3.63) is 34.2 Å². The lowest BCUT2D eigenvalue weighted by Crippen LogP contribution is -2.55. The van der Waals surface area contributed by atoms with E-state index < -0.39 is 23.3 Å². The third-order valence-electron chi connectivity index (χ3n) is 6.01. The Kier molecular flexibility index (Phi) is 6.35. The van der Waals surface area contributed by atoms with Crippen molar-refractivity contribution in [1.82, 2.24) is 19.2 Å². The van der Waals surface area contributed by atoms with Crippen molar-refractivity contribution in [2.75, 3.05) is 26.2 Å². The average molecular weight is 473 g/mol. The predicted octanol–water partition coefficient (Wildman–Crippen LogP) is 3.77. The number of imidazole rings is 1. The van der Waals surface area contributed by atoms with Gasteiger partial charge in [0.2, 0.25) is 5.91 Å². The number of carbonyl (C=O) groups excluding carboxylic acids is 2. The Bertz CT molecular complexity index is 1030. The molecule has 2 amide bonds. The first-order chi connectivity index (χ1) is 15.2. The summed E-state index contributed by atoms with van der Waals surface area (Å²) in [7, 11) is 0. The first-order valence-electron chi connectivity index (χ1n) is 10.6. The number of halogens is 4. The largest absolute Gasteiger partial charge is 0.419 e. The van der Waals surface area contributed by atoms with Crippen molar-refractivity contribution in [2.24, 2.45) is 0 Å². The molecule has 4 rings (SSSR count). The zero-order valence-corrected chi connectivity index (χ0v) is 18.4. The number of ether oxygens (including phenoxy) is 1. The van der Waals surface area contributed by atoms with Gasteiger partial charge in [0, 0.05) is 31.9 Å². The SMILES string of the molecule is CCOCc1cc(C(F)(F)F)c2nc(C(=O)N3CCN(C4CCCC4)C(=O)C3)c(Cl)n2c1. The van der Waals surface area contributed by atoms with Crippen LogP contribution in [-0.2, 0) is 22.3 Å². The summed E-state index contributed by atoms with van der Waals surface area (Å²) in [6.07, 6.45) is 0.781. The molecule has 2 aliphatic rings. The maximum absolute atomic E-state index is 13.7. The van der Waals surface area contributed by atoms with Gasteiger partial charge in [-0.15, -0.1) is 0 Å².